The van der Waals surface area contributed by atoms with E-state index < -0.39 is 4.22 Å². The highest BCUT2D eigenvalue weighted by Crippen LogP contribution is 2.57. The van der Waals surface area contributed by atoms with Gasteiger partial charge in [0, 0.05) is 0 Å². The van der Waals surface area contributed by atoms with E-state index in [1.807, 2.05) is 14.8 Å². The summed E-state index contributed by atoms with van der Waals surface area (Å²) in [5.41, 5.74) is -0.100. The molecule has 1 atom stereocenters. The zero-order valence-corrected chi connectivity index (χ0v) is 12.3. The Morgan fingerprint density at radius 3 is 2.00 bits per heavy atom. The Hall–Kier alpha value is 0.0149. The summed E-state index contributed by atoms with van der Waals surface area (Å²) in [7, 11) is 1.87. The van der Waals surface area contributed by atoms with Gasteiger partial charge in [0.15, 0.2) is 0 Å². The Kier molecular flexibility index (Phi) is 2.66. The number of alkyl halides is 1. The van der Waals surface area contributed by atoms with Crippen molar-refractivity contribution in [1.82, 2.24) is 0 Å². The van der Waals surface area contributed by atoms with Crippen molar-refractivity contribution in [3.63, 3.8) is 0 Å². The topological polar surface area (TPSA) is 26.3 Å². The number of carbonyl (C=O) groups excluding carboxylic acids is 1. The first-order valence-electron chi connectivity index (χ1n) is 6.79. The molecule has 4 saturated carbocycles. The molecule has 0 amide bonds. The van der Waals surface area contributed by atoms with Crippen LogP contribution in [0.1, 0.15) is 45.4 Å². The van der Waals surface area contributed by atoms with Gasteiger partial charge in [-0.25, -0.2) is 0 Å². The lowest BCUT2D eigenvalue weighted by molar-refractivity contribution is -0.186. The minimum atomic E-state index is -0.545. The molecule has 0 aromatic heterocycles. The van der Waals surface area contributed by atoms with Gasteiger partial charge < -0.3 is 4.74 Å². The second kappa shape index (κ2) is 3.75. The van der Waals surface area contributed by atoms with Crippen LogP contribution in [-0.4, -0.2) is 23.6 Å². The molecule has 0 aromatic rings. The molecule has 4 aliphatic rings. The Morgan fingerprint density at radius 1 is 1.24 bits per heavy atom. The predicted molar refractivity (Wildman–Crippen MR) is 72.9 cm³/mol. The van der Waals surface area contributed by atoms with Crippen LogP contribution in [0.15, 0.2) is 0 Å². The Balaban J connectivity index is 1.76. The molecule has 4 heteroatoms. The molecule has 17 heavy (non-hydrogen) atoms. The van der Waals surface area contributed by atoms with Crippen LogP contribution in [0.2, 0.25) is 0 Å². The predicted octanol–water partition coefficient (Wildman–Crippen LogP) is 2.24. The van der Waals surface area contributed by atoms with Crippen LogP contribution in [-0.2, 0) is 9.53 Å². The molecule has 4 rings (SSSR count). The normalized spacial score (nSPS) is 46.6. The number of esters is 1. The van der Waals surface area contributed by atoms with Crippen molar-refractivity contribution >= 4 is 29.7 Å². The maximum Gasteiger partial charge on any atom is 0.314 e. The fourth-order valence-electron chi connectivity index (χ4n) is 4.47. The summed E-state index contributed by atoms with van der Waals surface area (Å²) in [5, 5.41) is 0. The van der Waals surface area contributed by atoms with Gasteiger partial charge in [-0.2, -0.15) is 0 Å². The molecule has 1 unspecified atom stereocenters. The molecule has 94 valence electrons. The summed E-state index contributed by atoms with van der Waals surface area (Å²) < 4.78 is 5.38. The van der Waals surface area contributed by atoms with E-state index in [0.29, 0.717) is 0 Å². The first-order chi connectivity index (χ1) is 7.86. The molecule has 4 aliphatic carbocycles. The van der Waals surface area contributed by atoms with E-state index in [4.69, 9.17) is 4.74 Å². The zero-order valence-electron chi connectivity index (χ0n) is 10.7. The number of hydrogen-bond acceptors (Lipinski definition) is 2. The third-order valence-corrected chi connectivity index (χ3v) is 5.10. The number of hydrogen-bond donors (Lipinski definition) is 0. The first kappa shape index (κ1) is 12.1. The average molecular weight is 299 g/mol. The molecule has 0 saturated heterocycles. The van der Waals surface area contributed by atoms with Crippen molar-refractivity contribution in [3.8, 4) is 0 Å². The molecule has 0 spiro atoms. The van der Waals surface area contributed by atoms with Crippen molar-refractivity contribution in [2.45, 2.75) is 55.3 Å². The first-order valence-corrected chi connectivity index (χ1v) is 7.58. The lowest BCUT2D eigenvalue weighted by Gasteiger charge is -2.56. The van der Waals surface area contributed by atoms with Crippen LogP contribution in [0.3, 0.4) is 0 Å². The summed E-state index contributed by atoms with van der Waals surface area (Å²) in [5.74, 6) is 2.40. The number of halogens is 1. The van der Waals surface area contributed by atoms with E-state index in [2.05, 4.69) is 15.9 Å². The van der Waals surface area contributed by atoms with Gasteiger partial charge in [-0.15, -0.1) is 0 Å². The molecule has 0 aliphatic heterocycles. The molecule has 4 bridgehead atoms. The van der Waals surface area contributed by atoms with Crippen LogP contribution in [0.25, 0.3) is 0 Å². The summed E-state index contributed by atoms with van der Waals surface area (Å²) in [4.78, 5) is 12.1. The van der Waals surface area contributed by atoms with Gasteiger partial charge in [0.1, 0.15) is 13.4 Å². The van der Waals surface area contributed by atoms with Crippen LogP contribution in [0, 0.1) is 17.8 Å². The number of ether oxygens (including phenoxy) is 1. The van der Waals surface area contributed by atoms with Crippen molar-refractivity contribution in [3.05, 3.63) is 0 Å². The van der Waals surface area contributed by atoms with Gasteiger partial charge >= 0.3 is 5.97 Å². The Labute approximate surface area is 112 Å². The third-order valence-electron chi connectivity index (χ3n) is 4.78. The largest absolute Gasteiger partial charge is 0.459 e. The molecule has 2 nitrogen and oxygen atoms in total. The Bertz CT molecular complexity index is 313. The summed E-state index contributed by atoms with van der Waals surface area (Å²) >= 11 is 3.41. The van der Waals surface area contributed by atoms with Crippen LogP contribution < -0.4 is 0 Å². The fourth-order valence-corrected chi connectivity index (χ4v) is 4.56. The maximum absolute atomic E-state index is 12.1. The van der Waals surface area contributed by atoms with E-state index >= 15 is 0 Å². The van der Waals surface area contributed by atoms with Gasteiger partial charge in [-0.05, 0) is 63.2 Å². The maximum atomic E-state index is 12.1. The van der Waals surface area contributed by atoms with E-state index in [1.54, 1.807) is 0 Å². The molecular formula is C13H20BBrO2. The minimum Gasteiger partial charge on any atom is -0.459 e. The van der Waals surface area contributed by atoms with Crippen molar-refractivity contribution < 1.29 is 9.53 Å². The van der Waals surface area contributed by atoms with E-state index in [-0.39, 0.29) is 11.6 Å². The van der Waals surface area contributed by atoms with Gasteiger partial charge in [-0.3, -0.25) is 4.79 Å². The van der Waals surface area contributed by atoms with Gasteiger partial charge in [0.05, 0.1) is 4.22 Å². The summed E-state index contributed by atoms with van der Waals surface area (Å²) in [6, 6.07) is 0. The highest BCUT2D eigenvalue weighted by atomic mass is 79.9. The molecule has 4 fully saturated rings. The number of rotatable bonds is 2. The van der Waals surface area contributed by atoms with Crippen molar-refractivity contribution in [2.24, 2.45) is 17.8 Å². The van der Waals surface area contributed by atoms with Crippen molar-refractivity contribution in [2.75, 3.05) is 0 Å². The second-order valence-corrected chi connectivity index (χ2v) is 8.95. The molecule has 0 heterocycles. The molecule has 0 aromatic carbocycles. The lowest BCUT2D eigenvalue weighted by Crippen LogP contribution is -2.54. The number of carbonyl (C=O) groups is 1. The highest BCUT2D eigenvalue weighted by molar-refractivity contribution is 9.10. The zero-order chi connectivity index (χ0) is 12.3. The SMILES string of the molecule is BC(C)(Br)C(=O)OC12CC3CC(CC(C3)C1)C2. The van der Waals surface area contributed by atoms with Gasteiger partial charge in [-0.1, -0.05) is 15.9 Å². The molecule has 0 N–H and O–H groups in total. The lowest BCUT2D eigenvalue weighted by atomic mass is 9.54. The van der Waals surface area contributed by atoms with Gasteiger partial charge in [0.2, 0.25) is 0 Å². The Morgan fingerprint density at radius 2 is 1.65 bits per heavy atom. The van der Waals surface area contributed by atoms with Gasteiger partial charge in [0.25, 0.3) is 0 Å². The fraction of sp³-hybridized carbons (Fsp3) is 0.923. The van der Waals surface area contributed by atoms with E-state index in [9.17, 15) is 4.79 Å². The van der Waals surface area contributed by atoms with E-state index in [0.717, 1.165) is 37.0 Å². The average Bonchev–Trinajstić information content (AvgIpc) is 2.12. The summed E-state index contributed by atoms with van der Waals surface area (Å²) in [6.07, 6.45) is 7.51. The standard InChI is InChI=1S/C13H20BBrO2/c1-12(14,15)11(16)17-13-5-8-2-9(6-13)4-10(3-8)7-13/h8-10H,2-7,14H2,1H3. The smallest absolute Gasteiger partial charge is 0.314 e. The molecule has 0 radical (unpaired) electrons. The molecular weight excluding hydrogens is 279 g/mol. The monoisotopic (exact) mass is 298 g/mol. The highest BCUT2D eigenvalue weighted by Gasteiger charge is 2.53. The minimum absolute atomic E-state index is 0.0838. The second-order valence-electron chi connectivity index (χ2n) is 6.96. The van der Waals surface area contributed by atoms with Crippen LogP contribution >= 0.6 is 15.9 Å². The van der Waals surface area contributed by atoms with E-state index in [1.165, 1.54) is 19.3 Å². The van der Waals surface area contributed by atoms with Crippen LogP contribution in [0.5, 0.6) is 0 Å². The third kappa shape index (κ3) is 2.18. The van der Waals surface area contributed by atoms with Crippen LogP contribution in [0.4, 0.5) is 0 Å². The summed E-state index contributed by atoms with van der Waals surface area (Å²) in [6.45, 7) is 1.87. The quantitative estimate of drug-likeness (QED) is 0.444. The van der Waals surface area contributed by atoms with Crippen molar-refractivity contribution in [1.29, 1.82) is 0 Å².